The van der Waals surface area contributed by atoms with E-state index in [0.717, 1.165) is 17.4 Å². The molecular formula is C12H13BrN4O. The van der Waals surface area contributed by atoms with Crippen molar-refractivity contribution in [2.24, 2.45) is 11.8 Å². The van der Waals surface area contributed by atoms with Gasteiger partial charge in [-0.25, -0.2) is 9.97 Å². The number of carbonyl (C=O) groups excluding carboxylic acids is 1. The van der Waals surface area contributed by atoms with Gasteiger partial charge >= 0.3 is 0 Å². The van der Waals surface area contributed by atoms with Crippen LogP contribution >= 0.6 is 15.9 Å². The summed E-state index contributed by atoms with van der Waals surface area (Å²) in [6.45, 7) is 1.97. The van der Waals surface area contributed by atoms with Gasteiger partial charge < -0.3 is 9.72 Å². The third-order valence-corrected chi connectivity index (χ3v) is 3.71. The Kier molecular flexibility index (Phi) is 2.81. The van der Waals surface area contributed by atoms with Crippen LogP contribution in [0.4, 0.5) is 5.82 Å². The lowest BCUT2D eigenvalue weighted by atomic mass is 10.1. The second kappa shape index (κ2) is 4.35. The first-order valence-electron chi connectivity index (χ1n) is 5.94. The number of anilines is 1. The molecule has 1 N–H and O–H groups in total. The summed E-state index contributed by atoms with van der Waals surface area (Å²) in [5, 5.41) is 2.86. The van der Waals surface area contributed by atoms with Gasteiger partial charge in [0.05, 0.1) is 12.4 Å². The molecule has 0 saturated heterocycles. The number of carbonyl (C=O) groups is 1. The Balaban J connectivity index is 1.79. The first-order chi connectivity index (χ1) is 8.63. The maximum absolute atomic E-state index is 12.0. The van der Waals surface area contributed by atoms with Crippen LogP contribution in [-0.4, -0.2) is 20.3 Å². The summed E-state index contributed by atoms with van der Waals surface area (Å²) >= 11 is 3.30. The van der Waals surface area contributed by atoms with Crippen molar-refractivity contribution in [3.63, 3.8) is 0 Å². The van der Waals surface area contributed by atoms with Crippen LogP contribution in [0.5, 0.6) is 0 Å². The van der Waals surface area contributed by atoms with Crippen molar-refractivity contribution in [1.82, 2.24) is 14.4 Å². The fourth-order valence-electron chi connectivity index (χ4n) is 1.98. The monoisotopic (exact) mass is 308 g/mol. The molecular weight excluding hydrogens is 296 g/mol. The Morgan fingerprint density at radius 2 is 2.33 bits per heavy atom. The fraction of sp³-hybridized carbons (Fsp3) is 0.417. The number of amides is 1. The summed E-state index contributed by atoms with van der Waals surface area (Å²) in [6.07, 6.45) is 7.58. The molecule has 1 aliphatic carbocycles. The van der Waals surface area contributed by atoms with Crippen LogP contribution in [0.1, 0.15) is 19.8 Å². The summed E-state index contributed by atoms with van der Waals surface area (Å²) in [6, 6.07) is 0. The highest BCUT2D eigenvalue weighted by molar-refractivity contribution is 9.10. The predicted molar refractivity (Wildman–Crippen MR) is 71.2 cm³/mol. The molecule has 0 aromatic carbocycles. The minimum Gasteiger partial charge on any atom is -0.309 e. The van der Waals surface area contributed by atoms with Crippen LogP contribution in [0.2, 0.25) is 0 Å². The quantitative estimate of drug-likeness (QED) is 0.947. The van der Waals surface area contributed by atoms with Gasteiger partial charge in [0.25, 0.3) is 0 Å². The Morgan fingerprint density at radius 3 is 3.06 bits per heavy atom. The molecule has 6 heteroatoms. The second-order valence-electron chi connectivity index (χ2n) is 4.72. The number of hydrogen-bond donors (Lipinski definition) is 1. The number of halogens is 1. The Morgan fingerprint density at radius 1 is 1.56 bits per heavy atom. The summed E-state index contributed by atoms with van der Waals surface area (Å²) in [5.74, 6) is 1.25. The van der Waals surface area contributed by atoms with Crippen molar-refractivity contribution >= 4 is 33.3 Å². The third kappa shape index (κ3) is 2.25. The minimum atomic E-state index is 0.0490. The van der Waals surface area contributed by atoms with Gasteiger partial charge in [-0.1, -0.05) is 6.92 Å². The number of imidazole rings is 1. The largest absolute Gasteiger partial charge is 0.309 e. The summed E-state index contributed by atoms with van der Waals surface area (Å²) in [5.41, 5.74) is 0.715. The predicted octanol–water partition coefficient (Wildman–Crippen LogP) is 2.48. The summed E-state index contributed by atoms with van der Waals surface area (Å²) in [4.78, 5) is 20.3. The zero-order chi connectivity index (χ0) is 12.7. The van der Waals surface area contributed by atoms with E-state index in [1.165, 1.54) is 0 Å². The number of hydrogen-bond acceptors (Lipinski definition) is 3. The summed E-state index contributed by atoms with van der Waals surface area (Å²) in [7, 11) is 0. The van der Waals surface area contributed by atoms with E-state index < -0.39 is 0 Å². The first-order valence-corrected chi connectivity index (χ1v) is 6.74. The lowest BCUT2D eigenvalue weighted by Gasteiger charge is -2.08. The van der Waals surface area contributed by atoms with E-state index in [1.54, 1.807) is 12.4 Å². The number of nitrogens with one attached hydrogen (secondary N) is 1. The van der Waals surface area contributed by atoms with Gasteiger partial charge in [-0.15, -0.1) is 0 Å². The average Bonchev–Trinajstić information content (AvgIpc) is 3.10. The molecule has 5 nitrogen and oxygen atoms in total. The van der Waals surface area contributed by atoms with Gasteiger partial charge in [-0.05, 0) is 34.7 Å². The molecule has 1 aliphatic rings. The van der Waals surface area contributed by atoms with Gasteiger partial charge in [0.1, 0.15) is 4.60 Å². The zero-order valence-corrected chi connectivity index (χ0v) is 11.5. The topological polar surface area (TPSA) is 59.3 Å². The van der Waals surface area contributed by atoms with Crippen LogP contribution in [0, 0.1) is 11.8 Å². The van der Waals surface area contributed by atoms with E-state index >= 15 is 0 Å². The normalized spacial score (nSPS) is 16.8. The van der Waals surface area contributed by atoms with Crippen molar-refractivity contribution in [2.45, 2.75) is 19.8 Å². The van der Waals surface area contributed by atoms with Crippen LogP contribution in [0.3, 0.4) is 0 Å². The maximum atomic E-state index is 12.0. The van der Waals surface area contributed by atoms with E-state index in [9.17, 15) is 4.79 Å². The lowest BCUT2D eigenvalue weighted by molar-refractivity contribution is -0.119. The van der Waals surface area contributed by atoms with Crippen molar-refractivity contribution in [3.05, 3.63) is 23.2 Å². The van der Waals surface area contributed by atoms with Gasteiger partial charge in [0.2, 0.25) is 5.91 Å². The summed E-state index contributed by atoms with van der Waals surface area (Å²) < 4.78 is 2.56. The molecule has 0 radical (unpaired) electrons. The van der Waals surface area contributed by atoms with E-state index in [4.69, 9.17) is 0 Å². The van der Waals surface area contributed by atoms with Crippen LogP contribution < -0.4 is 5.32 Å². The van der Waals surface area contributed by atoms with E-state index in [0.29, 0.717) is 17.4 Å². The van der Waals surface area contributed by atoms with Crippen LogP contribution in [0.15, 0.2) is 23.2 Å². The number of fused-ring (bicyclic) bond motifs is 1. The zero-order valence-electron chi connectivity index (χ0n) is 9.93. The standard InChI is InChI=1S/C12H13BrN4O/c1-7(8-2-3-8)12(18)16-10-6-17-5-9(13)14-4-11(17)15-10/h4-8H,2-3H2,1H3,(H,16,18)/t7-/m1/s1. The molecule has 2 aromatic heterocycles. The van der Waals surface area contributed by atoms with Crippen molar-refractivity contribution < 1.29 is 4.79 Å². The first kappa shape index (κ1) is 11.6. The molecule has 0 bridgehead atoms. The highest BCUT2D eigenvalue weighted by Gasteiger charge is 2.32. The second-order valence-corrected chi connectivity index (χ2v) is 5.53. The van der Waals surface area contributed by atoms with Crippen molar-refractivity contribution in [2.75, 3.05) is 5.32 Å². The molecule has 2 aromatic rings. The Hall–Kier alpha value is -1.43. The molecule has 1 atom stereocenters. The van der Waals surface area contributed by atoms with Gasteiger partial charge in [0, 0.05) is 12.1 Å². The SMILES string of the molecule is C[C@@H](C(=O)Nc1cn2cc(Br)ncc2n1)C1CC1. The average molecular weight is 309 g/mol. The van der Waals surface area contributed by atoms with Gasteiger partial charge in [-0.2, -0.15) is 0 Å². The lowest BCUT2D eigenvalue weighted by Crippen LogP contribution is -2.21. The van der Waals surface area contributed by atoms with E-state index in [1.807, 2.05) is 17.5 Å². The van der Waals surface area contributed by atoms with Gasteiger partial charge in [0.15, 0.2) is 11.5 Å². The molecule has 0 unspecified atom stereocenters. The Bertz CT molecular complexity index is 605. The van der Waals surface area contributed by atoms with E-state index in [2.05, 4.69) is 31.2 Å². The highest BCUT2D eigenvalue weighted by atomic mass is 79.9. The molecule has 1 saturated carbocycles. The number of nitrogens with zero attached hydrogens (tertiary/aromatic N) is 3. The molecule has 0 aliphatic heterocycles. The van der Waals surface area contributed by atoms with Crippen LogP contribution in [0.25, 0.3) is 5.65 Å². The molecule has 2 heterocycles. The van der Waals surface area contributed by atoms with Crippen molar-refractivity contribution in [3.8, 4) is 0 Å². The Labute approximate surface area is 113 Å². The molecule has 1 amide bonds. The number of rotatable bonds is 3. The molecule has 18 heavy (non-hydrogen) atoms. The van der Waals surface area contributed by atoms with Crippen LogP contribution in [-0.2, 0) is 4.79 Å². The smallest absolute Gasteiger partial charge is 0.228 e. The number of aromatic nitrogens is 3. The molecule has 1 fully saturated rings. The highest BCUT2D eigenvalue weighted by Crippen LogP contribution is 2.36. The molecule has 94 valence electrons. The van der Waals surface area contributed by atoms with Crippen molar-refractivity contribution in [1.29, 1.82) is 0 Å². The maximum Gasteiger partial charge on any atom is 0.228 e. The minimum absolute atomic E-state index is 0.0490. The molecule has 0 spiro atoms. The van der Waals surface area contributed by atoms with Gasteiger partial charge in [-0.3, -0.25) is 4.79 Å². The molecule has 3 rings (SSSR count). The van der Waals surface area contributed by atoms with E-state index in [-0.39, 0.29) is 11.8 Å². The fourth-order valence-corrected chi connectivity index (χ4v) is 2.31. The third-order valence-electron chi connectivity index (χ3n) is 3.30.